The van der Waals surface area contributed by atoms with E-state index in [1.165, 1.54) is 61.8 Å². The molecule has 0 saturated carbocycles. The van der Waals surface area contributed by atoms with Gasteiger partial charge in [0.05, 0.1) is 6.04 Å². The molecule has 3 heterocycles. The number of nitrogens with one attached hydrogen (secondary N) is 2. The van der Waals surface area contributed by atoms with E-state index in [0.717, 1.165) is 49.4 Å². The van der Waals surface area contributed by atoms with E-state index in [2.05, 4.69) is 53.6 Å². The molecule has 4 heteroatoms. The molecule has 3 aliphatic rings. The lowest BCUT2D eigenvalue weighted by Gasteiger charge is -2.49. The van der Waals surface area contributed by atoms with Crippen LogP contribution in [0.2, 0.25) is 0 Å². The fraction of sp³-hybridized carbons (Fsp3) is 0.581. The van der Waals surface area contributed by atoms with E-state index in [1.54, 1.807) is 0 Å². The van der Waals surface area contributed by atoms with Crippen molar-refractivity contribution in [3.8, 4) is 0 Å². The Kier molecular flexibility index (Phi) is 7.89. The number of hydrogen-bond acceptors (Lipinski definition) is 3. The number of fused-ring (bicyclic) bond motifs is 4. The molecule has 35 heavy (non-hydrogen) atoms. The average Bonchev–Trinajstić information content (AvgIpc) is 2.89. The number of unbranched alkanes of at least 4 members (excludes halogenated alkanes) is 3. The van der Waals surface area contributed by atoms with Gasteiger partial charge in [-0.2, -0.15) is 0 Å². The molecule has 2 saturated heterocycles. The predicted octanol–water partition coefficient (Wildman–Crippen LogP) is 5.97. The Hall–Kier alpha value is -2.17. The van der Waals surface area contributed by atoms with Crippen LogP contribution in [0.25, 0.3) is 0 Å². The SMILES string of the molecule is CCCCCCc1cc2c(c(C(=O)N[C@H](C)c3ccccc3)c1)[C@H]1C[C@@H]3NCCC[C@@H]3CN1CC2. The predicted molar refractivity (Wildman–Crippen MR) is 144 cm³/mol. The standard InChI is InChI=1S/C31H43N3O/c1-3-4-5-7-11-23-18-25-15-17-34-21-26-14-10-16-32-28(26)20-29(34)30(25)27(19-23)31(35)33-22(2)24-12-8-6-9-13-24/h6,8-9,12-13,18-19,22,26,28-29,32H,3-5,7,10-11,14-17,20-21H2,1-2H3,(H,33,35)/t22-,26-,28+,29-/m1/s1. The minimum absolute atomic E-state index is 0.0111. The van der Waals surface area contributed by atoms with E-state index < -0.39 is 0 Å². The minimum Gasteiger partial charge on any atom is -0.346 e. The highest BCUT2D eigenvalue weighted by Crippen LogP contribution is 2.42. The summed E-state index contributed by atoms with van der Waals surface area (Å²) in [6.45, 7) is 7.79. The molecule has 0 unspecified atom stereocenters. The number of benzene rings is 2. The highest BCUT2D eigenvalue weighted by atomic mass is 16.1. The van der Waals surface area contributed by atoms with Crippen LogP contribution in [-0.2, 0) is 12.8 Å². The lowest BCUT2D eigenvalue weighted by Crippen LogP contribution is -2.55. The topological polar surface area (TPSA) is 44.4 Å². The molecule has 5 rings (SSSR count). The molecule has 2 aromatic carbocycles. The zero-order valence-electron chi connectivity index (χ0n) is 21.7. The minimum atomic E-state index is -0.0111. The second-order valence-corrected chi connectivity index (χ2v) is 11.1. The maximum Gasteiger partial charge on any atom is 0.252 e. The molecular formula is C31H43N3O. The zero-order valence-corrected chi connectivity index (χ0v) is 21.7. The fourth-order valence-electron chi connectivity index (χ4n) is 6.71. The van der Waals surface area contributed by atoms with E-state index in [1.807, 2.05) is 18.2 Å². The summed E-state index contributed by atoms with van der Waals surface area (Å²) in [5.74, 6) is 0.850. The summed E-state index contributed by atoms with van der Waals surface area (Å²) in [6, 6.07) is 15.9. The molecular weight excluding hydrogens is 430 g/mol. The third-order valence-corrected chi connectivity index (χ3v) is 8.65. The third kappa shape index (κ3) is 5.49. The van der Waals surface area contributed by atoms with Crippen molar-refractivity contribution in [3.05, 3.63) is 70.3 Å². The maximum atomic E-state index is 13.8. The van der Waals surface area contributed by atoms with Gasteiger partial charge in [-0.3, -0.25) is 9.69 Å². The molecule has 0 radical (unpaired) electrons. The van der Waals surface area contributed by atoms with Crippen molar-refractivity contribution in [3.63, 3.8) is 0 Å². The molecule has 4 nitrogen and oxygen atoms in total. The van der Waals surface area contributed by atoms with E-state index >= 15 is 0 Å². The van der Waals surface area contributed by atoms with Crippen LogP contribution in [0.4, 0.5) is 0 Å². The number of aryl methyl sites for hydroxylation is 1. The number of nitrogens with zero attached hydrogens (tertiary/aromatic N) is 1. The molecule has 188 valence electrons. The fourth-order valence-corrected chi connectivity index (χ4v) is 6.71. The lowest BCUT2D eigenvalue weighted by atomic mass is 9.75. The smallest absolute Gasteiger partial charge is 0.252 e. The van der Waals surface area contributed by atoms with Gasteiger partial charge in [0.1, 0.15) is 0 Å². The monoisotopic (exact) mass is 473 g/mol. The molecule has 3 aliphatic heterocycles. The molecule has 4 atom stereocenters. The van der Waals surface area contributed by atoms with Crippen LogP contribution >= 0.6 is 0 Å². The number of carbonyl (C=O) groups excluding carboxylic acids is 1. The van der Waals surface area contributed by atoms with Crippen molar-refractivity contribution in [2.75, 3.05) is 19.6 Å². The van der Waals surface area contributed by atoms with Crippen molar-refractivity contribution in [2.45, 2.75) is 89.8 Å². The van der Waals surface area contributed by atoms with E-state index in [4.69, 9.17) is 0 Å². The van der Waals surface area contributed by atoms with Gasteiger partial charge >= 0.3 is 0 Å². The van der Waals surface area contributed by atoms with Crippen molar-refractivity contribution < 1.29 is 4.79 Å². The van der Waals surface area contributed by atoms with Crippen LogP contribution in [0.15, 0.2) is 42.5 Å². The van der Waals surface area contributed by atoms with Gasteiger partial charge in [-0.1, -0.05) is 62.6 Å². The van der Waals surface area contributed by atoms with Gasteiger partial charge in [-0.15, -0.1) is 0 Å². The quantitative estimate of drug-likeness (QED) is 0.464. The summed E-state index contributed by atoms with van der Waals surface area (Å²) in [4.78, 5) is 16.5. The van der Waals surface area contributed by atoms with E-state index in [0.29, 0.717) is 12.1 Å². The second kappa shape index (κ2) is 11.3. The Morgan fingerprint density at radius 1 is 1.17 bits per heavy atom. The average molecular weight is 474 g/mol. The first kappa shape index (κ1) is 24.5. The van der Waals surface area contributed by atoms with E-state index in [-0.39, 0.29) is 11.9 Å². The summed E-state index contributed by atoms with van der Waals surface area (Å²) >= 11 is 0. The molecule has 2 aromatic rings. The molecule has 1 amide bonds. The van der Waals surface area contributed by atoms with Crippen molar-refractivity contribution in [1.29, 1.82) is 0 Å². The lowest BCUT2D eigenvalue weighted by molar-refractivity contribution is 0.0542. The summed E-state index contributed by atoms with van der Waals surface area (Å²) in [7, 11) is 0. The molecule has 0 aliphatic carbocycles. The van der Waals surface area contributed by atoms with Gasteiger partial charge in [0.25, 0.3) is 5.91 Å². The first-order valence-corrected chi connectivity index (χ1v) is 14.1. The van der Waals surface area contributed by atoms with Gasteiger partial charge in [0, 0.05) is 30.7 Å². The third-order valence-electron chi connectivity index (χ3n) is 8.65. The van der Waals surface area contributed by atoms with Gasteiger partial charge < -0.3 is 10.6 Å². The number of carbonyl (C=O) groups is 1. The van der Waals surface area contributed by atoms with Crippen molar-refractivity contribution in [1.82, 2.24) is 15.5 Å². The Balaban J connectivity index is 1.44. The summed E-state index contributed by atoms with van der Waals surface area (Å²) in [5, 5.41) is 7.16. The van der Waals surface area contributed by atoms with Gasteiger partial charge in [-0.05, 0) is 86.2 Å². The van der Waals surface area contributed by atoms with Crippen molar-refractivity contribution >= 4 is 5.91 Å². The zero-order chi connectivity index (χ0) is 24.2. The van der Waals surface area contributed by atoms with Gasteiger partial charge in [0.2, 0.25) is 0 Å². The van der Waals surface area contributed by atoms with Crippen molar-refractivity contribution in [2.24, 2.45) is 5.92 Å². The summed E-state index contributed by atoms with van der Waals surface area (Å²) in [6.07, 6.45) is 10.9. The Morgan fingerprint density at radius 3 is 2.86 bits per heavy atom. The molecule has 0 bridgehead atoms. The van der Waals surface area contributed by atoms with Crippen LogP contribution in [0.3, 0.4) is 0 Å². The van der Waals surface area contributed by atoms with Crippen LogP contribution in [0.5, 0.6) is 0 Å². The largest absolute Gasteiger partial charge is 0.346 e. The Morgan fingerprint density at radius 2 is 2.03 bits per heavy atom. The van der Waals surface area contributed by atoms with Crippen LogP contribution in [0.1, 0.15) is 103 Å². The maximum absolute atomic E-state index is 13.8. The highest BCUT2D eigenvalue weighted by molar-refractivity contribution is 5.97. The normalized spacial score (nSPS) is 24.7. The molecule has 0 aromatic heterocycles. The number of hydrogen-bond donors (Lipinski definition) is 2. The summed E-state index contributed by atoms with van der Waals surface area (Å²) in [5.41, 5.74) is 6.16. The second-order valence-electron chi connectivity index (χ2n) is 11.1. The number of piperidine rings is 2. The first-order chi connectivity index (χ1) is 17.1. The van der Waals surface area contributed by atoms with Crippen LogP contribution < -0.4 is 10.6 Å². The van der Waals surface area contributed by atoms with Crippen LogP contribution in [-0.4, -0.2) is 36.5 Å². The van der Waals surface area contributed by atoms with Gasteiger partial charge in [-0.25, -0.2) is 0 Å². The molecule has 0 spiro atoms. The first-order valence-electron chi connectivity index (χ1n) is 14.1. The van der Waals surface area contributed by atoms with Crippen LogP contribution in [0, 0.1) is 5.92 Å². The Labute approximate surface area is 211 Å². The Bertz CT molecular complexity index is 1000. The highest BCUT2D eigenvalue weighted by Gasteiger charge is 2.41. The van der Waals surface area contributed by atoms with E-state index in [9.17, 15) is 4.79 Å². The number of rotatable bonds is 8. The molecule has 2 fully saturated rings. The molecule has 2 N–H and O–H groups in total. The number of amides is 1. The summed E-state index contributed by atoms with van der Waals surface area (Å²) < 4.78 is 0. The van der Waals surface area contributed by atoms with Gasteiger partial charge in [0.15, 0.2) is 0 Å².